The van der Waals surface area contributed by atoms with Crippen LogP contribution in [0.1, 0.15) is 23.1 Å². The zero-order valence-corrected chi connectivity index (χ0v) is 25.4. The van der Waals surface area contributed by atoms with E-state index in [-0.39, 0.29) is 12.1 Å². The lowest BCUT2D eigenvalue weighted by atomic mass is 9.95. The SMILES string of the molecule is COc1cc(-c2cn(C)c(=O)c(C)c2C)cc(OC)c1CN1CCC(N2CCN(c3ccc(N)cc3F)CC2)C(F)(F)C1. The van der Waals surface area contributed by atoms with Gasteiger partial charge < -0.3 is 24.7 Å². The van der Waals surface area contributed by atoms with E-state index in [0.29, 0.717) is 73.1 Å². The molecule has 2 aliphatic heterocycles. The van der Waals surface area contributed by atoms with Crippen LogP contribution in [0.4, 0.5) is 24.5 Å². The number of nitrogen functional groups attached to an aromatic ring is 1. The topological polar surface area (TPSA) is 76.2 Å². The van der Waals surface area contributed by atoms with E-state index in [1.165, 1.54) is 6.07 Å². The van der Waals surface area contributed by atoms with E-state index in [4.69, 9.17) is 15.2 Å². The lowest BCUT2D eigenvalue weighted by Crippen LogP contribution is -2.61. The van der Waals surface area contributed by atoms with Gasteiger partial charge in [0, 0.05) is 69.3 Å². The number of anilines is 2. The first-order chi connectivity index (χ1) is 20.4. The molecule has 0 amide bonds. The second kappa shape index (κ2) is 12.1. The molecule has 2 fully saturated rings. The summed E-state index contributed by atoms with van der Waals surface area (Å²) in [5, 5.41) is 0. The number of alkyl halides is 2. The molecule has 2 aromatic carbocycles. The summed E-state index contributed by atoms with van der Waals surface area (Å²) in [4.78, 5) is 17.9. The quantitative estimate of drug-likeness (QED) is 0.403. The van der Waals surface area contributed by atoms with Gasteiger partial charge in [-0.1, -0.05) is 0 Å². The first-order valence-corrected chi connectivity index (χ1v) is 14.5. The average Bonchev–Trinajstić information content (AvgIpc) is 2.98. The van der Waals surface area contributed by atoms with Crippen molar-refractivity contribution in [1.29, 1.82) is 0 Å². The molecule has 2 saturated heterocycles. The average molecular weight is 600 g/mol. The van der Waals surface area contributed by atoms with Crippen molar-refractivity contribution in [2.45, 2.75) is 38.8 Å². The predicted octanol–water partition coefficient (Wildman–Crippen LogP) is 4.44. The van der Waals surface area contributed by atoms with Crippen LogP contribution in [0.2, 0.25) is 0 Å². The summed E-state index contributed by atoms with van der Waals surface area (Å²) in [6, 6.07) is 7.45. The highest BCUT2D eigenvalue weighted by Gasteiger charge is 2.48. The van der Waals surface area contributed by atoms with Crippen LogP contribution in [-0.2, 0) is 13.6 Å². The van der Waals surface area contributed by atoms with Gasteiger partial charge in [-0.2, -0.15) is 0 Å². The Bertz CT molecular complexity index is 1530. The number of aromatic nitrogens is 1. The number of methoxy groups -OCH3 is 2. The van der Waals surface area contributed by atoms with E-state index in [0.717, 1.165) is 16.7 Å². The molecule has 0 spiro atoms. The summed E-state index contributed by atoms with van der Waals surface area (Å²) in [6.45, 7) is 5.82. The number of likely N-dealkylation sites (tertiary alicyclic amines) is 1. The molecule has 43 heavy (non-hydrogen) atoms. The number of rotatable bonds is 7. The van der Waals surface area contributed by atoms with E-state index in [1.807, 2.05) is 28.9 Å². The summed E-state index contributed by atoms with van der Waals surface area (Å²) < 4.78 is 58.8. The normalized spacial score (nSPS) is 19.4. The van der Waals surface area contributed by atoms with Crippen LogP contribution in [0.3, 0.4) is 0 Å². The zero-order valence-electron chi connectivity index (χ0n) is 25.4. The van der Waals surface area contributed by atoms with Crippen molar-refractivity contribution < 1.29 is 22.6 Å². The molecule has 3 heterocycles. The molecular weight excluding hydrogens is 559 g/mol. The fourth-order valence-electron chi connectivity index (χ4n) is 6.42. The first kappa shape index (κ1) is 30.7. The van der Waals surface area contributed by atoms with E-state index in [2.05, 4.69) is 0 Å². The first-order valence-electron chi connectivity index (χ1n) is 14.5. The zero-order chi connectivity index (χ0) is 31.1. The van der Waals surface area contributed by atoms with E-state index < -0.39 is 24.3 Å². The molecule has 0 bridgehead atoms. The van der Waals surface area contributed by atoms with Gasteiger partial charge >= 0.3 is 0 Å². The molecule has 1 aromatic heterocycles. The summed E-state index contributed by atoms with van der Waals surface area (Å²) in [6.07, 6.45) is 2.10. The molecule has 3 aromatic rings. The van der Waals surface area contributed by atoms with Crippen molar-refractivity contribution in [3.05, 3.63) is 69.4 Å². The molecule has 0 radical (unpaired) electrons. The van der Waals surface area contributed by atoms with Crippen molar-refractivity contribution in [2.75, 3.05) is 64.1 Å². The maximum Gasteiger partial charge on any atom is 0.275 e. The second-order valence-electron chi connectivity index (χ2n) is 11.6. The highest BCUT2D eigenvalue weighted by molar-refractivity contribution is 5.72. The fourth-order valence-corrected chi connectivity index (χ4v) is 6.42. The van der Waals surface area contributed by atoms with Crippen molar-refractivity contribution in [3.63, 3.8) is 0 Å². The van der Waals surface area contributed by atoms with Crippen LogP contribution in [0.15, 0.2) is 41.3 Å². The minimum Gasteiger partial charge on any atom is -0.496 e. The van der Waals surface area contributed by atoms with E-state index in [9.17, 15) is 9.18 Å². The minimum absolute atomic E-state index is 0.0567. The molecule has 5 rings (SSSR count). The van der Waals surface area contributed by atoms with Gasteiger partial charge in [0.2, 0.25) is 0 Å². The number of hydrogen-bond donors (Lipinski definition) is 1. The smallest absolute Gasteiger partial charge is 0.275 e. The van der Waals surface area contributed by atoms with Crippen LogP contribution in [0, 0.1) is 19.7 Å². The standard InChI is InChI=1S/C32H40F3N5O3/c1-20-21(2)31(41)37(3)17-24(20)22-14-28(42-4)25(29(15-22)43-5)18-38-9-8-30(32(34,35)19-38)40-12-10-39(11-13-40)27-7-6-23(36)16-26(27)33/h6-7,14-17,30H,8-13,18-19,36H2,1-5H3. The Morgan fingerprint density at radius 3 is 2.21 bits per heavy atom. The van der Waals surface area contributed by atoms with Gasteiger partial charge in [-0.15, -0.1) is 0 Å². The Morgan fingerprint density at radius 2 is 1.63 bits per heavy atom. The lowest BCUT2D eigenvalue weighted by molar-refractivity contribution is -0.129. The van der Waals surface area contributed by atoms with Crippen LogP contribution < -0.4 is 25.7 Å². The van der Waals surface area contributed by atoms with Crippen LogP contribution >= 0.6 is 0 Å². The Morgan fingerprint density at radius 1 is 0.977 bits per heavy atom. The summed E-state index contributed by atoms with van der Waals surface area (Å²) in [5.41, 5.74) is 10.3. The number of piperazine rings is 1. The number of nitrogens with two attached hydrogens (primary N) is 1. The molecule has 232 valence electrons. The molecule has 2 N–H and O–H groups in total. The van der Waals surface area contributed by atoms with Gasteiger partial charge in [-0.05, 0) is 61.7 Å². The largest absolute Gasteiger partial charge is 0.496 e. The number of aryl methyl sites for hydroxylation is 1. The van der Waals surface area contributed by atoms with Crippen molar-refractivity contribution in [3.8, 4) is 22.6 Å². The number of ether oxygens (including phenoxy) is 2. The Balaban J connectivity index is 1.30. The maximum absolute atomic E-state index is 15.7. The van der Waals surface area contributed by atoms with Crippen molar-refractivity contribution in [1.82, 2.24) is 14.4 Å². The molecule has 8 nitrogen and oxygen atoms in total. The highest BCUT2D eigenvalue weighted by atomic mass is 19.3. The molecule has 0 saturated carbocycles. The van der Waals surface area contributed by atoms with Gasteiger partial charge in [0.05, 0.1) is 38.1 Å². The Kier molecular flexibility index (Phi) is 8.67. The van der Waals surface area contributed by atoms with E-state index >= 15 is 8.78 Å². The summed E-state index contributed by atoms with van der Waals surface area (Å²) in [7, 11) is 4.82. The van der Waals surface area contributed by atoms with Crippen LogP contribution in [-0.4, -0.2) is 79.8 Å². The minimum atomic E-state index is -2.93. The predicted molar refractivity (Wildman–Crippen MR) is 163 cm³/mol. The van der Waals surface area contributed by atoms with Gasteiger partial charge in [0.15, 0.2) is 0 Å². The number of hydrogen-bond acceptors (Lipinski definition) is 7. The van der Waals surface area contributed by atoms with Crippen LogP contribution in [0.5, 0.6) is 11.5 Å². The number of pyridine rings is 1. The third-order valence-electron chi connectivity index (χ3n) is 8.94. The summed E-state index contributed by atoms with van der Waals surface area (Å²) in [5.74, 6) is -2.25. The maximum atomic E-state index is 15.7. The van der Waals surface area contributed by atoms with Crippen molar-refractivity contribution in [2.24, 2.45) is 7.05 Å². The monoisotopic (exact) mass is 599 g/mol. The van der Waals surface area contributed by atoms with Gasteiger partial charge in [0.1, 0.15) is 17.3 Å². The molecule has 1 unspecified atom stereocenters. The summed E-state index contributed by atoms with van der Waals surface area (Å²) >= 11 is 0. The Labute approximate surface area is 250 Å². The number of piperidine rings is 1. The van der Waals surface area contributed by atoms with E-state index in [1.54, 1.807) is 56.0 Å². The van der Waals surface area contributed by atoms with Gasteiger partial charge in [-0.3, -0.25) is 14.6 Å². The molecule has 11 heteroatoms. The number of halogens is 3. The highest BCUT2D eigenvalue weighted by Crippen LogP contribution is 2.39. The number of benzene rings is 2. The Hall–Kier alpha value is -3.70. The number of nitrogens with zero attached hydrogens (tertiary/aromatic N) is 4. The fraction of sp³-hybridized carbons (Fsp3) is 0.469. The lowest BCUT2D eigenvalue weighted by Gasteiger charge is -2.46. The molecule has 2 aliphatic rings. The third kappa shape index (κ3) is 6.05. The van der Waals surface area contributed by atoms with Gasteiger partial charge in [0.25, 0.3) is 11.5 Å². The molecule has 0 aliphatic carbocycles. The van der Waals surface area contributed by atoms with Crippen LogP contribution in [0.25, 0.3) is 11.1 Å². The second-order valence-corrected chi connectivity index (χ2v) is 11.6. The van der Waals surface area contributed by atoms with Crippen molar-refractivity contribution >= 4 is 11.4 Å². The third-order valence-corrected chi connectivity index (χ3v) is 8.94. The molecule has 1 atom stereocenters. The molecular formula is C32H40F3N5O3. The van der Waals surface area contributed by atoms with Gasteiger partial charge in [-0.25, -0.2) is 13.2 Å².